The van der Waals surface area contributed by atoms with Gasteiger partial charge in [-0.05, 0) is 11.6 Å². The van der Waals surface area contributed by atoms with Gasteiger partial charge in [0, 0.05) is 51.0 Å². The van der Waals surface area contributed by atoms with E-state index >= 15 is 0 Å². The molecule has 0 spiro atoms. The number of rotatable bonds is 3. The fraction of sp³-hybridized carbons (Fsp3) is 0.389. The Labute approximate surface area is 147 Å². The van der Waals surface area contributed by atoms with Crippen LogP contribution in [0.15, 0.2) is 48.8 Å². The topological polar surface area (TPSA) is 73.4 Å². The summed E-state index contributed by atoms with van der Waals surface area (Å²) in [6, 6.07) is 12.4. The normalized spacial score (nSPS) is 24.8. The minimum atomic E-state index is 0.0472. The third kappa shape index (κ3) is 3.47. The number of nitrogens with one attached hydrogen (secondary N) is 2. The van der Waals surface area contributed by atoms with Crippen LogP contribution >= 0.6 is 0 Å². The first-order valence-corrected chi connectivity index (χ1v) is 8.66. The molecule has 7 heteroatoms. The van der Waals surface area contributed by atoms with Crippen LogP contribution in [-0.2, 0) is 4.79 Å². The van der Waals surface area contributed by atoms with Gasteiger partial charge < -0.3 is 4.90 Å². The first kappa shape index (κ1) is 16.0. The summed E-state index contributed by atoms with van der Waals surface area (Å²) in [4.78, 5) is 25.2. The van der Waals surface area contributed by atoms with Crippen LogP contribution in [0.2, 0.25) is 0 Å². The number of carbonyl (C=O) groups excluding carboxylic acids is 1. The maximum Gasteiger partial charge on any atom is 0.235 e. The number of hydrogen-bond acceptors (Lipinski definition) is 6. The van der Waals surface area contributed by atoms with Crippen molar-refractivity contribution in [3.8, 4) is 0 Å². The lowest BCUT2D eigenvalue weighted by Crippen LogP contribution is -2.60. The number of carbonyl (C=O) groups is 1. The smallest absolute Gasteiger partial charge is 0.235 e. The van der Waals surface area contributed by atoms with Gasteiger partial charge in [0.25, 0.3) is 0 Å². The SMILES string of the molecule is O=C1CC(N2CCN(c3ncccn3)CC2)C(c2ccccc2)NN1. The van der Waals surface area contributed by atoms with Crippen molar-refractivity contribution in [1.29, 1.82) is 0 Å². The number of amides is 1. The minimum Gasteiger partial charge on any atom is -0.338 e. The molecule has 3 heterocycles. The van der Waals surface area contributed by atoms with Crippen molar-refractivity contribution < 1.29 is 4.79 Å². The lowest BCUT2D eigenvalue weighted by Gasteiger charge is -2.44. The average molecular weight is 338 g/mol. The Morgan fingerprint density at radius 2 is 1.68 bits per heavy atom. The van der Waals surface area contributed by atoms with E-state index in [-0.39, 0.29) is 18.0 Å². The van der Waals surface area contributed by atoms with Crippen molar-refractivity contribution in [2.75, 3.05) is 31.1 Å². The Bertz CT molecular complexity index is 702. The molecule has 2 atom stereocenters. The van der Waals surface area contributed by atoms with Gasteiger partial charge in [-0.15, -0.1) is 0 Å². The van der Waals surface area contributed by atoms with E-state index < -0.39 is 0 Å². The number of piperazine rings is 1. The van der Waals surface area contributed by atoms with E-state index in [1.807, 2.05) is 24.3 Å². The van der Waals surface area contributed by atoms with Crippen LogP contribution in [-0.4, -0.2) is 53.0 Å². The second kappa shape index (κ2) is 7.16. The molecule has 2 unspecified atom stereocenters. The van der Waals surface area contributed by atoms with E-state index in [1.165, 1.54) is 5.56 Å². The van der Waals surface area contributed by atoms with E-state index in [4.69, 9.17) is 0 Å². The van der Waals surface area contributed by atoms with Gasteiger partial charge >= 0.3 is 0 Å². The summed E-state index contributed by atoms with van der Waals surface area (Å²) in [5.74, 6) is 0.826. The molecule has 2 aliphatic rings. The minimum absolute atomic E-state index is 0.0472. The fourth-order valence-electron chi connectivity index (χ4n) is 3.63. The molecule has 0 bridgehead atoms. The highest BCUT2D eigenvalue weighted by molar-refractivity contribution is 5.77. The van der Waals surface area contributed by atoms with Crippen molar-refractivity contribution in [2.45, 2.75) is 18.5 Å². The Balaban J connectivity index is 1.47. The highest BCUT2D eigenvalue weighted by Crippen LogP contribution is 2.26. The summed E-state index contributed by atoms with van der Waals surface area (Å²) in [6.45, 7) is 3.51. The van der Waals surface area contributed by atoms with Crippen molar-refractivity contribution >= 4 is 11.9 Å². The number of nitrogens with zero attached hydrogens (tertiary/aromatic N) is 4. The van der Waals surface area contributed by atoms with Crippen molar-refractivity contribution in [3.05, 3.63) is 54.4 Å². The highest BCUT2D eigenvalue weighted by atomic mass is 16.2. The largest absolute Gasteiger partial charge is 0.338 e. The van der Waals surface area contributed by atoms with Gasteiger partial charge in [0.05, 0.1) is 6.04 Å². The standard InChI is InChI=1S/C18H22N6O/c25-16-13-15(17(22-21-16)14-5-2-1-3-6-14)23-9-11-24(12-10-23)18-19-7-4-8-20-18/h1-8,15,17,22H,9-13H2,(H,21,25). The van der Waals surface area contributed by atoms with Crippen molar-refractivity contribution in [2.24, 2.45) is 0 Å². The van der Waals surface area contributed by atoms with E-state index in [0.29, 0.717) is 6.42 Å². The predicted octanol–water partition coefficient (Wildman–Crippen LogP) is 0.733. The Morgan fingerprint density at radius 3 is 2.40 bits per heavy atom. The zero-order valence-corrected chi connectivity index (χ0v) is 14.0. The number of aromatic nitrogens is 2. The number of hydrazine groups is 1. The molecule has 0 radical (unpaired) electrons. The molecule has 7 nitrogen and oxygen atoms in total. The van der Waals surface area contributed by atoms with E-state index in [1.54, 1.807) is 12.4 Å². The first-order chi connectivity index (χ1) is 12.3. The van der Waals surface area contributed by atoms with Crippen LogP contribution in [0.1, 0.15) is 18.0 Å². The molecular weight excluding hydrogens is 316 g/mol. The Kier molecular flexibility index (Phi) is 4.58. The summed E-state index contributed by atoms with van der Waals surface area (Å²) < 4.78 is 0. The summed E-state index contributed by atoms with van der Waals surface area (Å²) >= 11 is 0. The number of hydrogen-bond donors (Lipinski definition) is 2. The van der Waals surface area contributed by atoms with Crippen LogP contribution in [0.25, 0.3) is 0 Å². The predicted molar refractivity (Wildman–Crippen MR) is 94.7 cm³/mol. The molecule has 1 aromatic carbocycles. The molecule has 25 heavy (non-hydrogen) atoms. The molecule has 2 N–H and O–H groups in total. The van der Waals surface area contributed by atoms with Crippen LogP contribution in [0.4, 0.5) is 5.95 Å². The maximum atomic E-state index is 11.9. The zero-order valence-electron chi connectivity index (χ0n) is 14.0. The van der Waals surface area contributed by atoms with Gasteiger partial charge in [-0.1, -0.05) is 30.3 Å². The summed E-state index contributed by atoms with van der Waals surface area (Å²) in [6.07, 6.45) is 4.06. The maximum absolute atomic E-state index is 11.9. The fourth-order valence-corrected chi connectivity index (χ4v) is 3.63. The first-order valence-electron chi connectivity index (χ1n) is 8.66. The van der Waals surface area contributed by atoms with Gasteiger partial charge in [-0.3, -0.25) is 15.1 Å². The van der Waals surface area contributed by atoms with Crippen molar-refractivity contribution in [3.63, 3.8) is 0 Å². The summed E-state index contributed by atoms with van der Waals surface area (Å²) in [5.41, 5.74) is 7.18. The van der Waals surface area contributed by atoms with Crippen LogP contribution in [0.5, 0.6) is 0 Å². The van der Waals surface area contributed by atoms with Gasteiger partial charge in [-0.25, -0.2) is 15.4 Å². The van der Waals surface area contributed by atoms with Gasteiger partial charge in [0.15, 0.2) is 0 Å². The quantitative estimate of drug-likeness (QED) is 0.860. The van der Waals surface area contributed by atoms with Crippen molar-refractivity contribution in [1.82, 2.24) is 25.7 Å². The van der Waals surface area contributed by atoms with Crippen LogP contribution in [0.3, 0.4) is 0 Å². The third-order valence-corrected chi connectivity index (χ3v) is 4.92. The molecule has 2 aliphatic heterocycles. The molecule has 1 aromatic heterocycles. The van der Waals surface area contributed by atoms with Gasteiger partial charge in [-0.2, -0.15) is 0 Å². The highest BCUT2D eigenvalue weighted by Gasteiger charge is 2.36. The lowest BCUT2D eigenvalue weighted by atomic mass is 9.93. The molecule has 2 aromatic rings. The molecular formula is C18H22N6O. The molecule has 0 aliphatic carbocycles. The second-order valence-electron chi connectivity index (χ2n) is 6.42. The average Bonchev–Trinajstić information content (AvgIpc) is 2.69. The summed E-state index contributed by atoms with van der Waals surface area (Å²) in [5, 5.41) is 0. The molecule has 130 valence electrons. The van der Waals surface area contributed by atoms with E-state index in [2.05, 4.69) is 42.8 Å². The van der Waals surface area contributed by atoms with Crippen LogP contribution < -0.4 is 15.8 Å². The molecule has 0 saturated carbocycles. The second-order valence-corrected chi connectivity index (χ2v) is 6.42. The monoisotopic (exact) mass is 338 g/mol. The lowest BCUT2D eigenvalue weighted by molar-refractivity contribution is -0.126. The molecule has 2 fully saturated rings. The van der Waals surface area contributed by atoms with Gasteiger partial charge in [0.2, 0.25) is 11.9 Å². The number of anilines is 1. The van der Waals surface area contributed by atoms with Gasteiger partial charge in [0.1, 0.15) is 0 Å². The van der Waals surface area contributed by atoms with E-state index in [0.717, 1.165) is 32.1 Å². The molecule has 4 rings (SSSR count). The third-order valence-electron chi connectivity index (χ3n) is 4.92. The molecule has 1 amide bonds. The van der Waals surface area contributed by atoms with E-state index in [9.17, 15) is 4.79 Å². The molecule has 2 saturated heterocycles. The zero-order chi connectivity index (χ0) is 17.1. The Hall–Kier alpha value is -2.51. The number of benzene rings is 1. The summed E-state index contributed by atoms with van der Waals surface area (Å²) in [7, 11) is 0. The van der Waals surface area contributed by atoms with Crippen LogP contribution in [0, 0.1) is 0 Å². The Morgan fingerprint density at radius 1 is 0.960 bits per heavy atom.